The SMILES string of the molecule is CCNc1ccc(Cl)c(COCC2CCOCC2)n1. The molecule has 0 saturated carbocycles. The minimum Gasteiger partial charge on any atom is -0.381 e. The first kappa shape index (κ1) is 14.6. The van der Waals surface area contributed by atoms with Crippen LogP contribution in [0.25, 0.3) is 0 Å². The minimum absolute atomic E-state index is 0.468. The molecule has 1 aliphatic heterocycles. The predicted molar refractivity (Wildman–Crippen MR) is 76.6 cm³/mol. The number of halogens is 1. The Hall–Kier alpha value is -0.840. The van der Waals surface area contributed by atoms with Gasteiger partial charge in [0, 0.05) is 19.8 Å². The van der Waals surface area contributed by atoms with Crippen molar-refractivity contribution >= 4 is 17.4 Å². The molecule has 1 aliphatic rings. The van der Waals surface area contributed by atoms with Crippen LogP contribution in [0.4, 0.5) is 5.82 Å². The van der Waals surface area contributed by atoms with E-state index in [1.54, 1.807) is 0 Å². The highest BCUT2D eigenvalue weighted by molar-refractivity contribution is 6.31. The van der Waals surface area contributed by atoms with Crippen LogP contribution in [0.1, 0.15) is 25.5 Å². The van der Waals surface area contributed by atoms with Crippen molar-refractivity contribution in [2.75, 3.05) is 31.7 Å². The van der Waals surface area contributed by atoms with Crippen LogP contribution < -0.4 is 5.32 Å². The molecular weight excluding hydrogens is 264 g/mol. The Bertz CT molecular complexity index is 395. The van der Waals surface area contributed by atoms with Crippen LogP contribution in [0.15, 0.2) is 12.1 Å². The second-order valence-electron chi connectivity index (χ2n) is 4.73. The molecule has 1 fully saturated rings. The normalized spacial score (nSPS) is 16.5. The third-order valence-corrected chi connectivity index (χ3v) is 3.55. The summed E-state index contributed by atoms with van der Waals surface area (Å²) in [5.41, 5.74) is 0.798. The number of rotatable bonds is 6. The summed E-state index contributed by atoms with van der Waals surface area (Å²) in [6.07, 6.45) is 2.16. The van der Waals surface area contributed by atoms with E-state index in [1.165, 1.54) is 0 Å². The number of hydrogen-bond donors (Lipinski definition) is 1. The first-order valence-corrected chi connectivity index (χ1v) is 7.22. The van der Waals surface area contributed by atoms with Gasteiger partial charge in [0.15, 0.2) is 0 Å². The Labute approximate surface area is 119 Å². The Morgan fingerprint density at radius 2 is 2.21 bits per heavy atom. The summed E-state index contributed by atoms with van der Waals surface area (Å²) in [5.74, 6) is 1.45. The molecule has 106 valence electrons. The molecule has 2 heterocycles. The second kappa shape index (κ2) is 7.68. The Morgan fingerprint density at radius 1 is 1.42 bits per heavy atom. The van der Waals surface area contributed by atoms with E-state index in [9.17, 15) is 0 Å². The lowest BCUT2D eigenvalue weighted by atomic mass is 10.0. The molecule has 0 amide bonds. The third kappa shape index (κ3) is 4.64. The zero-order valence-electron chi connectivity index (χ0n) is 11.3. The largest absolute Gasteiger partial charge is 0.381 e. The van der Waals surface area contributed by atoms with Crippen molar-refractivity contribution in [3.05, 3.63) is 22.8 Å². The van der Waals surface area contributed by atoms with E-state index in [1.807, 2.05) is 19.1 Å². The van der Waals surface area contributed by atoms with Crippen LogP contribution in [0, 0.1) is 5.92 Å². The minimum atomic E-state index is 0.468. The summed E-state index contributed by atoms with van der Waals surface area (Å²) in [7, 11) is 0. The fourth-order valence-corrected chi connectivity index (χ4v) is 2.26. The quantitative estimate of drug-likeness (QED) is 0.872. The van der Waals surface area contributed by atoms with E-state index in [4.69, 9.17) is 21.1 Å². The molecule has 0 spiro atoms. The summed E-state index contributed by atoms with van der Waals surface area (Å²) in [4.78, 5) is 4.45. The highest BCUT2D eigenvalue weighted by Gasteiger charge is 2.14. The Balaban J connectivity index is 1.82. The molecule has 0 unspecified atom stereocenters. The van der Waals surface area contributed by atoms with Crippen molar-refractivity contribution < 1.29 is 9.47 Å². The molecule has 0 atom stereocenters. The van der Waals surface area contributed by atoms with Crippen molar-refractivity contribution in [1.82, 2.24) is 4.98 Å². The van der Waals surface area contributed by atoms with Crippen LogP contribution in [-0.4, -0.2) is 31.3 Å². The van der Waals surface area contributed by atoms with E-state index < -0.39 is 0 Å². The van der Waals surface area contributed by atoms with Crippen molar-refractivity contribution in [2.45, 2.75) is 26.4 Å². The fraction of sp³-hybridized carbons (Fsp3) is 0.643. The number of hydrogen-bond acceptors (Lipinski definition) is 4. The first-order chi connectivity index (χ1) is 9.29. The maximum atomic E-state index is 6.13. The van der Waals surface area contributed by atoms with E-state index in [0.717, 1.165) is 50.7 Å². The molecule has 1 N–H and O–H groups in total. The van der Waals surface area contributed by atoms with Crippen molar-refractivity contribution in [1.29, 1.82) is 0 Å². The van der Waals surface area contributed by atoms with Gasteiger partial charge in [-0.1, -0.05) is 11.6 Å². The van der Waals surface area contributed by atoms with Gasteiger partial charge in [-0.3, -0.25) is 0 Å². The molecular formula is C14H21ClN2O2. The summed E-state index contributed by atoms with van der Waals surface area (Å²) < 4.78 is 11.1. The number of nitrogens with zero attached hydrogens (tertiary/aromatic N) is 1. The highest BCUT2D eigenvalue weighted by atomic mass is 35.5. The fourth-order valence-electron chi connectivity index (χ4n) is 2.10. The van der Waals surface area contributed by atoms with E-state index in [0.29, 0.717) is 17.5 Å². The van der Waals surface area contributed by atoms with Gasteiger partial charge < -0.3 is 14.8 Å². The molecule has 5 heteroatoms. The maximum absolute atomic E-state index is 6.13. The maximum Gasteiger partial charge on any atom is 0.126 e. The van der Waals surface area contributed by atoms with Crippen molar-refractivity contribution in [3.8, 4) is 0 Å². The molecule has 1 saturated heterocycles. The Kier molecular flexibility index (Phi) is 5.89. The standard InChI is InChI=1S/C14H21ClN2O2/c1-2-16-14-4-3-12(15)13(17-14)10-19-9-11-5-7-18-8-6-11/h3-4,11H,2,5-10H2,1H3,(H,16,17). The number of ether oxygens (including phenoxy) is 2. The van der Waals surface area contributed by atoms with Gasteiger partial charge in [0.2, 0.25) is 0 Å². The van der Waals surface area contributed by atoms with Gasteiger partial charge in [-0.25, -0.2) is 4.98 Å². The van der Waals surface area contributed by atoms with Crippen LogP contribution in [0.3, 0.4) is 0 Å². The van der Waals surface area contributed by atoms with Crippen LogP contribution >= 0.6 is 11.6 Å². The molecule has 19 heavy (non-hydrogen) atoms. The van der Waals surface area contributed by atoms with E-state index in [2.05, 4.69) is 10.3 Å². The predicted octanol–water partition coefficient (Wildman–Crippen LogP) is 3.11. The van der Waals surface area contributed by atoms with Gasteiger partial charge >= 0.3 is 0 Å². The summed E-state index contributed by atoms with van der Waals surface area (Å²) in [6, 6.07) is 3.74. The zero-order valence-corrected chi connectivity index (χ0v) is 12.1. The lowest BCUT2D eigenvalue weighted by Crippen LogP contribution is -2.20. The Morgan fingerprint density at radius 3 is 2.95 bits per heavy atom. The molecule has 0 aromatic carbocycles. The van der Waals surface area contributed by atoms with Gasteiger partial charge in [0.1, 0.15) is 5.82 Å². The lowest BCUT2D eigenvalue weighted by molar-refractivity contribution is 0.0150. The smallest absolute Gasteiger partial charge is 0.126 e. The van der Waals surface area contributed by atoms with Crippen molar-refractivity contribution in [2.24, 2.45) is 5.92 Å². The topological polar surface area (TPSA) is 43.4 Å². The van der Waals surface area contributed by atoms with Gasteiger partial charge in [0.05, 0.1) is 23.9 Å². The van der Waals surface area contributed by atoms with Crippen LogP contribution in [0.2, 0.25) is 5.02 Å². The summed E-state index contributed by atoms with van der Waals surface area (Å²) >= 11 is 6.13. The second-order valence-corrected chi connectivity index (χ2v) is 5.13. The molecule has 1 aromatic rings. The molecule has 0 bridgehead atoms. The average Bonchev–Trinajstić information content (AvgIpc) is 2.44. The van der Waals surface area contributed by atoms with Crippen LogP contribution in [-0.2, 0) is 16.1 Å². The van der Waals surface area contributed by atoms with E-state index in [-0.39, 0.29) is 0 Å². The molecule has 2 rings (SSSR count). The highest BCUT2D eigenvalue weighted by Crippen LogP contribution is 2.19. The number of pyridine rings is 1. The molecule has 4 nitrogen and oxygen atoms in total. The first-order valence-electron chi connectivity index (χ1n) is 6.84. The van der Waals surface area contributed by atoms with Gasteiger partial charge in [-0.2, -0.15) is 0 Å². The van der Waals surface area contributed by atoms with Gasteiger partial charge in [0.25, 0.3) is 0 Å². The third-order valence-electron chi connectivity index (χ3n) is 3.21. The van der Waals surface area contributed by atoms with E-state index >= 15 is 0 Å². The van der Waals surface area contributed by atoms with Gasteiger partial charge in [-0.05, 0) is 37.8 Å². The number of anilines is 1. The van der Waals surface area contributed by atoms with Crippen molar-refractivity contribution in [3.63, 3.8) is 0 Å². The monoisotopic (exact) mass is 284 g/mol. The number of nitrogens with one attached hydrogen (secondary N) is 1. The average molecular weight is 285 g/mol. The van der Waals surface area contributed by atoms with Crippen LogP contribution in [0.5, 0.6) is 0 Å². The molecule has 1 aromatic heterocycles. The summed E-state index contributed by atoms with van der Waals surface area (Å²) in [6.45, 7) is 5.81. The summed E-state index contributed by atoms with van der Waals surface area (Å²) in [5, 5.41) is 3.83. The van der Waals surface area contributed by atoms with Gasteiger partial charge in [-0.15, -0.1) is 0 Å². The zero-order chi connectivity index (χ0) is 13.5. The molecule has 0 aliphatic carbocycles. The number of aromatic nitrogens is 1. The molecule has 0 radical (unpaired) electrons. The lowest BCUT2D eigenvalue weighted by Gasteiger charge is -2.21.